The Morgan fingerprint density at radius 1 is 1.33 bits per heavy atom. The first-order valence-corrected chi connectivity index (χ1v) is 7.58. The number of nitrogens with one attached hydrogen (secondary N) is 3. The summed E-state index contributed by atoms with van der Waals surface area (Å²) in [6.45, 7) is 5.26. The van der Waals surface area contributed by atoms with E-state index in [-0.39, 0.29) is 6.04 Å². The molecule has 5 nitrogen and oxygen atoms in total. The van der Waals surface area contributed by atoms with Gasteiger partial charge in [0.2, 0.25) is 0 Å². The van der Waals surface area contributed by atoms with E-state index in [0.29, 0.717) is 5.69 Å². The van der Waals surface area contributed by atoms with Gasteiger partial charge in [0.1, 0.15) is 0 Å². The van der Waals surface area contributed by atoms with E-state index < -0.39 is 10.2 Å². The quantitative estimate of drug-likeness (QED) is 0.763. The Morgan fingerprint density at radius 2 is 2.11 bits per heavy atom. The maximum Gasteiger partial charge on any atom is 0.299 e. The van der Waals surface area contributed by atoms with Crippen molar-refractivity contribution in [3.63, 3.8) is 0 Å². The normalized spacial score (nSPS) is 15.5. The molecule has 1 aromatic rings. The summed E-state index contributed by atoms with van der Waals surface area (Å²) in [5.41, 5.74) is 2.93. The summed E-state index contributed by atoms with van der Waals surface area (Å²) in [4.78, 5) is 0. The molecule has 0 fully saturated rings. The van der Waals surface area contributed by atoms with Gasteiger partial charge in [-0.2, -0.15) is 13.1 Å². The second-order valence-corrected chi connectivity index (χ2v) is 6.19. The van der Waals surface area contributed by atoms with Crippen LogP contribution in [0, 0.1) is 0 Å². The van der Waals surface area contributed by atoms with E-state index in [1.807, 2.05) is 18.2 Å². The lowest BCUT2D eigenvalue weighted by Crippen LogP contribution is -2.36. The molecule has 0 spiro atoms. The smallest absolute Gasteiger partial charge is 0.299 e. The first-order chi connectivity index (χ1) is 8.48. The summed E-state index contributed by atoms with van der Waals surface area (Å²) < 4.78 is 28.8. The van der Waals surface area contributed by atoms with Crippen LogP contribution in [0.4, 0.5) is 5.69 Å². The molecule has 1 heterocycles. The van der Waals surface area contributed by atoms with Crippen molar-refractivity contribution in [2.24, 2.45) is 0 Å². The first kappa shape index (κ1) is 13.3. The first-order valence-electron chi connectivity index (χ1n) is 6.09. The molecule has 3 N–H and O–H groups in total. The lowest BCUT2D eigenvalue weighted by atomic mass is 9.99. The molecule has 1 aromatic carbocycles. The van der Waals surface area contributed by atoms with Crippen LogP contribution in [0.3, 0.4) is 0 Å². The van der Waals surface area contributed by atoms with E-state index in [0.717, 1.165) is 30.6 Å². The monoisotopic (exact) mass is 269 g/mol. The Balaban J connectivity index is 2.24. The number of rotatable bonds is 4. The second kappa shape index (κ2) is 5.26. The third-order valence-electron chi connectivity index (χ3n) is 2.78. The Morgan fingerprint density at radius 3 is 2.83 bits per heavy atom. The number of fused-ring (bicyclic) bond motifs is 1. The zero-order valence-electron chi connectivity index (χ0n) is 10.7. The van der Waals surface area contributed by atoms with Crippen LogP contribution in [-0.2, 0) is 23.2 Å². The number of benzene rings is 1. The molecule has 2 rings (SSSR count). The van der Waals surface area contributed by atoms with Crippen LogP contribution in [0.15, 0.2) is 18.2 Å². The van der Waals surface area contributed by atoms with Crippen LogP contribution in [-0.4, -0.2) is 21.0 Å². The maximum atomic E-state index is 11.9. The highest BCUT2D eigenvalue weighted by Gasteiger charge is 2.17. The molecule has 0 saturated heterocycles. The van der Waals surface area contributed by atoms with Gasteiger partial charge in [-0.15, -0.1) is 0 Å². The highest BCUT2D eigenvalue weighted by atomic mass is 32.2. The summed E-state index contributed by atoms with van der Waals surface area (Å²) in [7, 11) is -3.49. The van der Waals surface area contributed by atoms with Gasteiger partial charge in [-0.1, -0.05) is 12.1 Å². The minimum Gasteiger partial charge on any atom is -0.312 e. The van der Waals surface area contributed by atoms with Crippen molar-refractivity contribution in [3.8, 4) is 0 Å². The summed E-state index contributed by atoms with van der Waals surface area (Å²) in [6.07, 6.45) is 0.843. The fourth-order valence-corrected chi connectivity index (χ4v) is 3.27. The van der Waals surface area contributed by atoms with E-state index in [9.17, 15) is 8.42 Å². The van der Waals surface area contributed by atoms with Crippen LogP contribution >= 0.6 is 0 Å². The van der Waals surface area contributed by atoms with Crippen molar-refractivity contribution >= 4 is 15.9 Å². The Kier molecular flexibility index (Phi) is 3.89. The van der Waals surface area contributed by atoms with Crippen LogP contribution in [0.1, 0.15) is 25.0 Å². The summed E-state index contributed by atoms with van der Waals surface area (Å²) in [5, 5.41) is 3.27. The van der Waals surface area contributed by atoms with Crippen LogP contribution in [0.5, 0.6) is 0 Å². The average Bonchev–Trinajstić information content (AvgIpc) is 2.27. The molecule has 0 radical (unpaired) electrons. The van der Waals surface area contributed by atoms with E-state index in [1.54, 1.807) is 13.8 Å². The van der Waals surface area contributed by atoms with Crippen molar-refractivity contribution in [3.05, 3.63) is 29.3 Å². The maximum absolute atomic E-state index is 11.9. The van der Waals surface area contributed by atoms with Crippen molar-refractivity contribution in [2.45, 2.75) is 32.9 Å². The van der Waals surface area contributed by atoms with E-state index in [1.165, 1.54) is 0 Å². The predicted octanol–water partition coefficient (Wildman–Crippen LogP) is 0.987. The van der Waals surface area contributed by atoms with Gasteiger partial charge < -0.3 is 5.32 Å². The van der Waals surface area contributed by atoms with E-state index in [4.69, 9.17) is 0 Å². The van der Waals surface area contributed by atoms with Crippen molar-refractivity contribution in [2.75, 3.05) is 11.3 Å². The molecule has 0 aromatic heterocycles. The van der Waals surface area contributed by atoms with Crippen molar-refractivity contribution in [1.29, 1.82) is 0 Å². The molecule has 0 atom stereocenters. The summed E-state index contributed by atoms with van der Waals surface area (Å²) in [5.74, 6) is 0. The van der Waals surface area contributed by atoms with Crippen LogP contribution in [0.25, 0.3) is 0 Å². The van der Waals surface area contributed by atoms with Crippen LogP contribution < -0.4 is 14.8 Å². The minimum absolute atomic E-state index is 0.122. The lowest BCUT2D eigenvalue weighted by molar-refractivity contribution is 0.575. The van der Waals surface area contributed by atoms with Gasteiger partial charge in [0.15, 0.2) is 0 Å². The molecule has 18 heavy (non-hydrogen) atoms. The van der Waals surface area contributed by atoms with Gasteiger partial charge in [-0.3, -0.25) is 4.72 Å². The Hall–Kier alpha value is -1.11. The van der Waals surface area contributed by atoms with E-state index >= 15 is 0 Å². The predicted molar refractivity (Wildman–Crippen MR) is 72.7 cm³/mol. The summed E-state index contributed by atoms with van der Waals surface area (Å²) >= 11 is 0. The highest BCUT2D eigenvalue weighted by Crippen LogP contribution is 2.23. The molecule has 0 saturated carbocycles. The molecule has 0 bridgehead atoms. The zero-order valence-corrected chi connectivity index (χ0v) is 11.5. The molecule has 1 aliphatic rings. The third kappa shape index (κ3) is 3.22. The lowest BCUT2D eigenvalue weighted by Gasteiger charge is -2.21. The molecule has 0 aliphatic carbocycles. The molecule has 0 unspecified atom stereocenters. The van der Waals surface area contributed by atoms with Crippen molar-refractivity contribution < 1.29 is 8.42 Å². The average molecular weight is 269 g/mol. The number of anilines is 1. The Labute approximate surface area is 108 Å². The fraction of sp³-hybridized carbons (Fsp3) is 0.500. The van der Waals surface area contributed by atoms with Gasteiger partial charge in [-0.25, -0.2) is 0 Å². The number of hydrogen-bond acceptors (Lipinski definition) is 3. The largest absolute Gasteiger partial charge is 0.312 e. The zero-order chi connectivity index (χ0) is 13.2. The van der Waals surface area contributed by atoms with Gasteiger partial charge >= 0.3 is 0 Å². The van der Waals surface area contributed by atoms with Gasteiger partial charge in [-0.05, 0) is 44.0 Å². The molecule has 100 valence electrons. The minimum atomic E-state index is -3.49. The van der Waals surface area contributed by atoms with Gasteiger partial charge in [0.05, 0.1) is 5.69 Å². The standard InChI is InChI=1S/C12H19N3O2S/c1-9(2)14-18(16,17)15-12-5-3-4-10-8-13-7-6-11(10)12/h3-5,9,13-15H,6-8H2,1-2H3. The van der Waals surface area contributed by atoms with Crippen molar-refractivity contribution in [1.82, 2.24) is 10.0 Å². The molecule has 6 heteroatoms. The second-order valence-electron chi connectivity index (χ2n) is 4.75. The summed E-state index contributed by atoms with van der Waals surface area (Å²) in [6, 6.07) is 5.58. The van der Waals surface area contributed by atoms with Crippen LogP contribution in [0.2, 0.25) is 0 Å². The molecular formula is C12H19N3O2S. The molecule has 1 aliphatic heterocycles. The highest BCUT2D eigenvalue weighted by molar-refractivity contribution is 7.90. The van der Waals surface area contributed by atoms with E-state index in [2.05, 4.69) is 14.8 Å². The van der Waals surface area contributed by atoms with Gasteiger partial charge in [0.25, 0.3) is 10.2 Å². The molecule has 0 amide bonds. The molecular weight excluding hydrogens is 250 g/mol. The van der Waals surface area contributed by atoms with Gasteiger partial charge in [0, 0.05) is 12.6 Å². The third-order valence-corrected chi connectivity index (χ3v) is 4.05. The SMILES string of the molecule is CC(C)NS(=O)(=O)Nc1cccc2c1CCNC2. The fourth-order valence-electron chi connectivity index (χ4n) is 2.11. The Bertz CT molecular complexity index is 526. The topological polar surface area (TPSA) is 70.2 Å². The number of hydrogen-bond donors (Lipinski definition) is 3.